The average Bonchev–Trinajstić information content (AvgIpc) is 3.20. The fraction of sp³-hybridized carbons (Fsp3) is 0.684. The molecule has 1 unspecified atom stereocenters. The summed E-state index contributed by atoms with van der Waals surface area (Å²) in [6.07, 6.45) is -1.09. The number of ether oxygens (including phenoxy) is 3. The van der Waals surface area contributed by atoms with Crippen LogP contribution < -0.4 is 15.4 Å². The maximum Gasteiger partial charge on any atom is 0.422 e. The van der Waals surface area contributed by atoms with Crippen LogP contribution in [-0.2, 0) is 16.0 Å². The van der Waals surface area contributed by atoms with Crippen LogP contribution in [0.5, 0.6) is 5.88 Å². The van der Waals surface area contributed by atoms with Crippen LogP contribution in [-0.4, -0.2) is 63.2 Å². The Balaban J connectivity index is 1.71. The maximum atomic E-state index is 12.2. The molecule has 0 aliphatic carbocycles. The number of nitrogens with zero attached hydrogens (tertiary/aromatic N) is 2. The first kappa shape index (κ1) is 23.2. The molecule has 1 atom stereocenters. The summed E-state index contributed by atoms with van der Waals surface area (Å²) in [7, 11) is 0. The quantitative estimate of drug-likeness (QED) is 0.327. The highest BCUT2D eigenvalue weighted by Gasteiger charge is 2.28. The Labute approximate surface area is 169 Å². The number of aromatic nitrogens is 1. The summed E-state index contributed by atoms with van der Waals surface area (Å²) in [5.41, 5.74) is 0.705. The smallest absolute Gasteiger partial charge is 0.422 e. The molecule has 0 amide bonds. The Morgan fingerprint density at radius 2 is 2.24 bits per heavy atom. The molecule has 1 aromatic heterocycles. The van der Waals surface area contributed by atoms with Crippen molar-refractivity contribution in [2.75, 3.05) is 46.1 Å². The van der Waals surface area contributed by atoms with Crippen LogP contribution in [0.1, 0.15) is 25.3 Å². The fourth-order valence-electron chi connectivity index (χ4n) is 2.64. The van der Waals surface area contributed by atoms with E-state index in [-0.39, 0.29) is 5.88 Å². The molecular formula is C19H29F3N4O3. The molecule has 10 heteroatoms. The van der Waals surface area contributed by atoms with E-state index in [1.807, 2.05) is 6.92 Å². The van der Waals surface area contributed by atoms with Crippen molar-refractivity contribution in [3.63, 3.8) is 0 Å². The minimum absolute atomic E-state index is 0.0715. The molecule has 1 fully saturated rings. The Kier molecular flexibility index (Phi) is 9.99. The summed E-state index contributed by atoms with van der Waals surface area (Å²) in [6, 6.07) is 3.15. The summed E-state index contributed by atoms with van der Waals surface area (Å²) >= 11 is 0. The summed E-state index contributed by atoms with van der Waals surface area (Å²) in [5, 5.41) is 6.35. The summed E-state index contributed by atoms with van der Waals surface area (Å²) in [6.45, 7) is 5.27. The van der Waals surface area contributed by atoms with Crippen molar-refractivity contribution in [3.05, 3.63) is 23.9 Å². The van der Waals surface area contributed by atoms with Crippen LogP contribution in [0.3, 0.4) is 0 Å². The van der Waals surface area contributed by atoms with E-state index >= 15 is 0 Å². The van der Waals surface area contributed by atoms with Crippen molar-refractivity contribution in [1.29, 1.82) is 0 Å². The van der Waals surface area contributed by atoms with Gasteiger partial charge in [-0.1, -0.05) is 0 Å². The Morgan fingerprint density at radius 1 is 1.38 bits per heavy atom. The van der Waals surface area contributed by atoms with E-state index in [4.69, 9.17) is 9.47 Å². The number of nitrogens with one attached hydrogen (secondary N) is 2. The van der Waals surface area contributed by atoms with Gasteiger partial charge in [-0.15, -0.1) is 0 Å². The van der Waals surface area contributed by atoms with Crippen molar-refractivity contribution in [3.8, 4) is 5.88 Å². The third-order valence-electron chi connectivity index (χ3n) is 4.08. The molecule has 1 aliphatic heterocycles. The van der Waals surface area contributed by atoms with Gasteiger partial charge < -0.3 is 24.8 Å². The van der Waals surface area contributed by atoms with Gasteiger partial charge in [0.1, 0.15) is 0 Å². The number of hydrogen-bond acceptors (Lipinski definition) is 5. The van der Waals surface area contributed by atoms with E-state index in [0.717, 1.165) is 32.7 Å². The highest BCUT2D eigenvalue weighted by molar-refractivity contribution is 5.79. The maximum absolute atomic E-state index is 12.2. The van der Waals surface area contributed by atoms with Crippen LogP contribution >= 0.6 is 0 Å². The molecule has 0 spiro atoms. The number of guanidine groups is 1. The third-order valence-corrected chi connectivity index (χ3v) is 4.08. The summed E-state index contributed by atoms with van der Waals surface area (Å²) in [5.74, 6) is 1.07. The first-order chi connectivity index (χ1) is 14.0. The Morgan fingerprint density at radius 3 is 2.97 bits per heavy atom. The molecule has 29 heavy (non-hydrogen) atoms. The van der Waals surface area contributed by atoms with Crippen LogP contribution in [0.15, 0.2) is 23.3 Å². The Hall–Kier alpha value is -2.07. The van der Waals surface area contributed by atoms with E-state index in [1.165, 1.54) is 12.3 Å². The van der Waals surface area contributed by atoms with Crippen LogP contribution in [0.25, 0.3) is 0 Å². The van der Waals surface area contributed by atoms with E-state index < -0.39 is 12.8 Å². The lowest BCUT2D eigenvalue weighted by Gasteiger charge is -2.12. The molecule has 1 aliphatic rings. The number of halogens is 3. The predicted octanol–water partition coefficient (Wildman–Crippen LogP) is 2.52. The summed E-state index contributed by atoms with van der Waals surface area (Å²) in [4.78, 5) is 8.23. The lowest BCUT2D eigenvalue weighted by Crippen LogP contribution is -2.38. The molecule has 2 rings (SSSR count). The first-order valence-electron chi connectivity index (χ1n) is 9.78. The minimum atomic E-state index is -4.40. The number of hydrogen-bond donors (Lipinski definition) is 2. The second-order valence-corrected chi connectivity index (χ2v) is 6.69. The topological polar surface area (TPSA) is 77.0 Å². The van der Waals surface area contributed by atoms with Crippen LogP contribution in [0.2, 0.25) is 0 Å². The second-order valence-electron chi connectivity index (χ2n) is 6.69. The highest BCUT2D eigenvalue weighted by Crippen LogP contribution is 2.17. The van der Waals surface area contributed by atoms with Gasteiger partial charge in [-0.3, -0.25) is 0 Å². The Bertz CT molecular complexity index is 623. The van der Waals surface area contributed by atoms with Gasteiger partial charge in [0, 0.05) is 44.5 Å². The second kappa shape index (κ2) is 12.5. The van der Waals surface area contributed by atoms with Gasteiger partial charge in [0.05, 0.1) is 19.8 Å². The zero-order valence-corrected chi connectivity index (χ0v) is 16.6. The van der Waals surface area contributed by atoms with Crippen molar-refractivity contribution in [2.24, 2.45) is 10.9 Å². The number of pyridine rings is 1. The van der Waals surface area contributed by atoms with E-state index in [0.29, 0.717) is 43.7 Å². The standard InChI is InChI=1S/C19H29F3N4O3/c1-2-23-18(25-6-3-8-27-12-16-5-9-28-13-16)26-11-15-4-7-24-17(10-15)29-14-19(20,21)22/h4,7,10,16H,2-3,5-6,8-9,11-14H2,1H3,(H2,23,25,26). The third kappa shape index (κ3) is 10.3. The zero-order valence-electron chi connectivity index (χ0n) is 16.6. The molecule has 7 nitrogen and oxygen atoms in total. The zero-order chi connectivity index (χ0) is 21.0. The van der Waals surface area contributed by atoms with E-state index in [1.54, 1.807) is 6.07 Å². The first-order valence-corrected chi connectivity index (χ1v) is 9.78. The monoisotopic (exact) mass is 418 g/mol. The number of alkyl halides is 3. The number of aliphatic imine (C=N–C) groups is 1. The molecular weight excluding hydrogens is 389 g/mol. The molecule has 0 radical (unpaired) electrons. The van der Waals surface area contributed by atoms with Gasteiger partial charge >= 0.3 is 6.18 Å². The van der Waals surface area contributed by atoms with Gasteiger partial charge in [-0.05, 0) is 31.4 Å². The molecule has 0 saturated carbocycles. The van der Waals surface area contributed by atoms with E-state index in [2.05, 4.69) is 25.3 Å². The summed E-state index contributed by atoms with van der Waals surface area (Å²) < 4.78 is 52.4. The van der Waals surface area contributed by atoms with E-state index in [9.17, 15) is 13.2 Å². The van der Waals surface area contributed by atoms with Gasteiger partial charge in [-0.2, -0.15) is 13.2 Å². The van der Waals surface area contributed by atoms with Gasteiger partial charge in [0.15, 0.2) is 12.6 Å². The molecule has 1 saturated heterocycles. The SMILES string of the molecule is CCNC(=NCc1ccnc(OCC(F)(F)F)c1)NCCCOCC1CCOC1. The predicted molar refractivity (Wildman–Crippen MR) is 103 cm³/mol. The number of rotatable bonds is 11. The molecule has 164 valence electrons. The molecule has 0 aromatic carbocycles. The minimum Gasteiger partial charge on any atom is -0.468 e. The van der Waals surface area contributed by atoms with Gasteiger partial charge in [0.2, 0.25) is 5.88 Å². The highest BCUT2D eigenvalue weighted by atomic mass is 19.4. The van der Waals surface area contributed by atoms with Crippen molar-refractivity contribution >= 4 is 5.96 Å². The largest absolute Gasteiger partial charge is 0.468 e. The van der Waals surface area contributed by atoms with Crippen molar-refractivity contribution in [2.45, 2.75) is 32.5 Å². The van der Waals surface area contributed by atoms with Crippen LogP contribution in [0, 0.1) is 5.92 Å². The fourth-order valence-corrected chi connectivity index (χ4v) is 2.64. The van der Waals surface area contributed by atoms with Gasteiger partial charge in [0.25, 0.3) is 0 Å². The normalized spacial score (nSPS) is 17.4. The van der Waals surface area contributed by atoms with Crippen molar-refractivity contribution < 1.29 is 27.4 Å². The van der Waals surface area contributed by atoms with Crippen LogP contribution in [0.4, 0.5) is 13.2 Å². The van der Waals surface area contributed by atoms with Gasteiger partial charge in [-0.25, -0.2) is 9.98 Å². The molecule has 1 aromatic rings. The average molecular weight is 418 g/mol. The molecule has 2 N–H and O–H groups in total. The molecule has 0 bridgehead atoms. The van der Waals surface area contributed by atoms with Crippen molar-refractivity contribution in [1.82, 2.24) is 15.6 Å². The lowest BCUT2D eigenvalue weighted by molar-refractivity contribution is -0.154. The molecule has 2 heterocycles. The lowest BCUT2D eigenvalue weighted by atomic mass is 10.1.